The quantitative estimate of drug-likeness (QED) is 0.814. The Balaban J connectivity index is 2.13. The molecular weight excluding hydrogens is 249 g/mol. The minimum atomic E-state index is -0.407. The Labute approximate surface area is 110 Å². The van der Waals surface area contributed by atoms with E-state index in [9.17, 15) is 14.0 Å². The van der Waals surface area contributed by atoms with Gasteiger partial charge in [0, 0.05) is 18.8 Å². The van der Waals surface area contributed by atoms with Crippen molar-refractivity contribution in [3.8, 4) is 0 Å². The summed E-state index contributed by atoms with van der Waals surface area (Å²) in [5.74, 6) is -0.655. The Kier molecular flexibility index (Phi) is 3.69. The van der Waals surface area contributed by atoms with Crippen LogP contribution in [-0.2, 0) is 16.1 Å². The normalized spacial score (nSPS) is 16.1. The highest BCUT2D eigenvalue weighted by Gasteiger charge is 2.29. The van der Waals surface area contributed by atoms with Crippen LogP contribution >= 0.6 is 0 Å². The van der Waals surface area contributed by atoms with Gasteiger partial charge in [0.25, 0.3) is 0 Å². The summed E-state index contributed by atoms with van der Waals surface area (Å²) in [6.07, 6.45) is 0. The van der Waals surface area contributed by atoms with E-state index in [1.165, 1.54) is 28.0 Å². The molecule has 1 aromatic rings. The summed E-state index contributed by atoms with van der Waals surface area (Å²) < 4.78 is 13.2. The van der Waals surface area contributed by atoms with Crippen LogP contribution in [0.5, 0.6) is 0 Å². The Morgan fingerprint density at radius 3 is 2.53 bits per heavy atom. The number of piperazine rings is 1. The number of nitrogens with zero attached hydrogens (tertiary/aromatic N) is 2. The molecule has 0 aliphatic carbocycles. The van der Waals surface area contributed by atoms with Crippen molar-refractivity contribution in [2.75, 3.05) is 25.4 Å². The van der Waals surface area contributed by atoms with Crippen LogP contribution in [0.4, 0.5) is 10.1 Å². The van der Waals surface area contributed by atoms with E-state index in [-0.39, 0.29) is 31.4 Å². The molecule has 1 saturated heterocycles. The van der Waals surface area contributed by atoms with Crippen LogP contribution in [0, 0.1) is 5.82 Å². The molecule has 0 aromatic heterocycles. The molecule has 6 heteroatoms. The fourth-order valence-corrected chi connectivity index (χ4v) is 2.05. The van der Waals surface area contributed by atoms with Crippen molar-refractivity contribution in [3.05, 3.63) is 29.6 Å². The van der Waals surface area contributed by atoms with Crippen molar-refractivity contribution in [1.82, 2.24) is 9.80 Å². The molecule has 1 aromatic carbocycles. The van der Waals surface area contributed by atoms with E-state index in [4.69, 9.17) is 5.73 Å². The molecule has 1 aliphatic heterocycles. The number of nitrogens with two attached hydrogens (primary N) is 1. The fraction of sp³-hybridized carbons (Fsp3) is 0.385. The summed E-state index contributed by atoms with van der Waals surface area (Å²) >= 11 is 0. The van der Waals surface area contributed by atoms with Crippen LogP contribution in [0.15, 0.2) is 18.2 Å². The second-order valence-electron chi connectivity index (χ2n) is 4.50. The lowest BCUT2D eigenvalue weighted by atomic mass is 10.1. The Morgan fingerprint density at radius 2 is 1.84 bits per heavy atom. The molecule has 0 radical (unpaired) electrons. The van der Waals surface area contributed by atoms with Crippen molar-refractivity contribution >= 4 is 17.5 Å². The van der Waals surface area contributed by atoms with Gasteiger partial charge in [-0.1, -0.05) is 0 Å². The fourth-order valence-electron chi connectivity index (χ4n) is 2.05. The standard InChI is InChI=1S/C13H16FN3O2/c1-2-16-7-13(19)17(8-12(16)18)6-9-5-10(14)3-4-11(9)15/h3-5H,2,6-8,15H2,1H3. The molecule has 1 fully saturated rings. The van der Waals surface area contributed by atoms with Crippen molar-refractivity contribution < 1.29 is 14.0 Å². The number of rotatable bonds is 3. The van der Waals surface area contributed by atoms with Gasteiger partial charge < -0.3 is 15.5 Å². The predicted molar refractivity (Wildman–Crippen MR) is 68.5 cm³/mol. The van der Waals surface area contributed by atoms with Gasteiger partial charge in [0.1, 0.15) is 12.4 Å². The molecule has 1 aliphatic rings. The largest absolute Gasteiger partial charge is 0.398 e. The number of anilines is 1. The average Bonchev–Trinajstić information content (AvgIpc) is 2.37. The van der Waals surface area contributed by atoms with Crippen LogP contribution in [0.2, 0.25) is 0 Å². The van der Waals surface area contributed by atoms with Gasteiger partial charge in [-0.3, -0.25) is 9.59 Å². The lowest BCUT2D eigenvalue weighted by Crippen LogP contribution is -2.53. The first-order chi connectivity index (χ1) is 9.01. The number of carbonyl (C=O) groups excluding carboxylic acids is 2. The van der Waals surface area contributed by atoms with Gasteiger partial charge in [0.15, 0.2) is 0 Å². The molecule has 2 amide bonds. The number of hydrogen-bond acceptors (Lipinski definition) is 3. The second-order valence-corrected chi connectivity index (χ2v) is 4.50. The molecule has 1 heterocycles. The molecule has 5 nitrogen and oxygen atoms in total. The molecular formula is C13H16FN3O2. The Hall–Kier alpha value is -2.11. The van der Waals surface area contributed by atoms with Crippen LogP contribution in [0.1, 0.15) is 12.5 Å². The first kappa shape index (κ1) is 13.3. The monoisotopic (exact) mass is 265 g/mol. The summed E-state index contributed by atoms with van der Waals surface area (Å²) in [7, 11) is 0. The third-order valence-corrected chi connectivity index (χ3v) is 3.21. The highest BCUT2D eigenvalue weighted by molar-refractivity contribution is 5.92. The summed E-state index contributed by atoms with van der Waals surface area (Å²) in [4.78, 5) is 26.6. The smallest absolute Gasteiger partial charge is 0.242 e. The third kappa shape index (κ3) is 2.83. The van der Waals surface area contributed by atoms with E-state index < -0.39 is 5.82 Å². The number of nitrogen functional groups attached to an aromatic ring is 1. The lowest BCUT2D eigenvalue weighted by Gasteiger charge is -2.33. The first-order valence-electron chi connectivity index (χ1n) is 6.10. The minimum Gasteiger partial charge on any atom is -0.398 e. The summed E-state index contributed by atoms with van der Waals surface area (Å²) in [5.41, 5.74) is 6.68. The number of amides is 2. The van der Waals surface area contributed by atoms with E-state index >= 15 is 0 Å². The van der Waals surface area contributed by atoms with Crippen molar-refractivity contribution in [2.45, 2.75) is 13.5 Å². The predicted octanol–water partition coefficient (Wildman–Crippen LogP) is 0.599. The molecule has 102 valence electrons. The summed E-state index contributed by atoms with van der Waals surface area (Å²) in [6, 6.07) is 4.01. The molecule has 0 saturated carbocycles. The molecule has 2 N–H and O–H groups in total. The van der Waals surface area contributed by atoms with Gasteiger partial charge >= 0.3 is 0 Å². The third-order valence-electron chi connectivity index (χ3n) is 3.21. The molecule has 0 atom stereocenters. The molecule has 0 unspecified atom stereocenters. The highest BCUT2D eigenvalue weighted by atomic mass is 19.1. The highest BCUT2D eigenvalue weighted by Crippen LogP contribution is 2.17. The van der Waals surface area contributed by atoms with Gasteiger partial charge in [0.2, 0.25) is 11.8 Å². The van der Waals surface area contributed by atoms with Gasteiger partial charge in [0.05, 0.1) is 6.54 Å². The van der Waals surface area contributed by atoms with Crippen LogP contribution in [0.3, 0.4) is 0 Å². The maximum Gasteiger partial charge on any atom is 0.242 e. The molecule has 2 rings (SSSR count). The van der Waals surface area contributed by atoms with E-state index in [1.54, 1.807) is 0 Å². The molecule has 19 heavy (non-hydrogen) atoms. The van der Waals surface area contributed by atoms with Gasteiger partial charge in [-0.25, -0.2) is 4.39 Å². The lowest BCUT2D eigenvalue weighted by molar-refractivity contribution is -0.150. The van der Waals surface area contributed by atoms with E-state index in [0.717, 1.165) is 0 Å². The van der Waals surface area contributed by atoms with E-state index in [1.807, 2.05) is 6.92 Å². The number of halogens is 1. The van der Waals surface area contributed by atoms with Crippen molar-refractivity contribution in [1.29, 1.82) is 0 Å². The zero-order valence-electron chi connectivity index (χ0n) is 10.7. The van der Waals surface area contributed by atoms with Gasteiger partial charge in [-0.05, 0) is 30.7 Å². The topological polar surface area (TPSA) is 66.6 Å². The summed E-state index contributed by atoms with van der Waals surface area (Å²) in [5, 5.41) is 0. The van der Waals surface area contributed by atoms with Crippen LogP contribution in [0.25, 0.3) is 0 Å². The minimum absolute atomic E-state index is 0.0165. The first-order valence-corrected chi connectivity index (χ1v) is 6.10. The van der Waals surface area contributed by atoms with Crippen LogP contribution in [-0.4, -0.2) is 41.2 Å². The number of benzene rings is 1. The molecule has 0 bridgehead atoms. The van der Waals surface area contributed by atoms with Gasteiger partial charge in [-0.2, -0.15) is 0 Å². The zero-order valence-corrected chi connectivity index (χ0v) is 10.7. The average molecular weight is 265 g/mol. The maximum atomic E-state index is 13.2. The van der Waals surface area contributed by atoms with Gasteiger partial charge in [-0.15, -0.1) is 0 Å². The Bertz CT molecular complexity index is 519. The maximum absolute atomic E-state index is 13.2. The summed E-state index contributed by atoms with van der Waals surface area (Å²) in [6.45, 7) is 2.59. The van der Waals surface area contributed by atoms with E-state index in [2.05, 4.69) is 0 Å². The van der Waals surface area contributed by atoms with Crippen molar-refractivity contribution in [3.63, 3.8) is 0 Å². The van der Waals surface area contributed by atoms with Crippen molar-refractivity contribution in [2.24, 2.45) is 0 Å². The molecule has 0 spiro atoms. The number of hydrogen-bond donors (Lipinski definition) is 1. The zero-order chi connectivity index (χ0) is 14.0. The van der Waals surface area contributed by atoms with E-state index in [0.29, 0.717) is 17.8 Å². The number of likely N-dealkylation sites (N-methyl/N-ethyl adjacent to an activating group) is 1. The SMILES string of the molecule is CCN1CC(=O)N(Cc2cc(F)ccc2N)CC1=O. The van der Waals surface area contributed by atoms with Crippen LogP contribution < -0.4 is 5.73 Å². The number of carbonyl (C=O) groups is 2. The Morgan fingerprint density at radius 1 is 1.21 bits per heavy atom. The second kappa shape index (κ2) is 5.26.